The Balaban J connectivity index is 1.65. The third kappa shape index (κ3) is 4.31. The summed E-state index contributed by atoms with van der Waals surface area (Å²) in [5.41, 5.74) is 2.81. The van der Waals surface area contributed by atoms with E-state index in [0.717, 1.165) is 23.5 Å². The molecule has 0 unspecified atom stereocenters. The largest absolute Gasteiger partial charge is 0.383 e. The van der Waals surface area contributed by atoms with Gasteiger partial charge in [0.05, 0.1) is 34.2 Å². The highest BCUT2D eigenvalue weighted by atomic mass is 35.5. The number of hydrogen-bond acceptors (Lipinski definition) is 6. The van der Waals surface area contributed by atoms with Gasteiger partial charge in [-0.3, -0.25) is 14.9 Å². The Hall–Kier alpha value is -2.84. The van der Waals surface area contributed by atoms with Gasteiger partial charge >= 0.3 is 0 Å². The number of hydrogen-bond donors (Lipinski definition) is 1. The number of nitro benzene ring substituents is 1. The number of rotatable bonds is 6. The number of carbonyl (C=O) groups is 1. The zero-order valence-electron chi connectivity index (χ0n) is 17.3. The van der Waals surface area contributed by atoms with Gasteiger partial charge in [-0.1, -0.05) is 23.7 Å². The first-order valence-electron chi connectivity index (χ1n) is 10.3. The Morgan fingerprint density at radius 2 is 2.06 bits per heavy atom. The van der Waals surface area contributed by atoms with Gasteiger partial charge in [0.1, 0.15) is 0 Å². The highest BCUT2D eigenvalue weighted by Gasteiger charge is 2.42. The van der Waals surface area contributed by atoms with Crippen LogP contribution in [0.1, 0.15) is 5.56 Å². The lowest BCUT2D eigenvalue weighted by Crippen LogP contribution is -2.61. The lowest BCUT2D eigenvalue weighted by Gasteiger charge is -2.49. The molecule has 2 aliphatic heterocycles. The summed E-state index contributed by atoms with van der Waals surface area (Å²) in [5.74, 6) is -0.401. The number of piperazine rings is 1. The lowest BCUT2D eigenvalue weighted by atomic mass is 9.83. The summed E-state index contributed by atoms with van der Waals surface area (Å²) >= 11 is 6.43. The van der Waals surface area contributed by atoms with Gasteiger partial charge in [-0.25, -0.2) is 0 Å². The quantitative estimate of drug-likeness (QED) is 0.418. The minimum atomic E-state index is -0.393. The predicted molar refractivity (Wildman–Crippen MR) is 120 cm³/mol. The molecule has 31 heavy (non-hydrogen) atoms. The van der Waals surface area contributed by atoms with Crippen molar-refractivity contribution in [2.24, 2.45) is 5.92 Å². The van der Waals surface area contributed by atoms with Crippen molar-refractivity contribution in [3.8, 4) is 0 Å². The van der Waals surface area contributed by atoms with E-state index in [1.165, 1.54) is 6.07 Å². The molecule has 2 aromatic rings. The number of benzene rings is 2. The van der Waals surface area contributed by atoms with Crippen molar-refractivity contribution in [3.05, 3.63) is 63.2 Å². The van der Waals surface area contributed by atoms with Crippen LogP contribution in [0.4, 0.5) is 17.1 Å². The Labute approximate surface area is 185 Å². The lowest BCUT2D eigenvalue weighted by molar-refractivity contribution is -0.384. The van der Waals surface area contributed by atoms with Crippen LogP contribution < -0.4 is 15.1 Å². The number of nitro groups is 1. The molecule has 0 bridgehead atoms. The number of carbonyl (C=O) groups excluding carboxylic acids is 1. The van der Waals surface area contributed by atoms with Gasteiger partial charge in [0.25, 0.3) is 5.69 Å². The van der Waals surface area contributed by atoms with Gasteiger partial charge in [0.15, 0.2) is 0 Å². The maximum atomic E-state index is 13.1. The van der Waals surface area contributed by atoms with E-state index < -0.39 is 4.92 Å². The van der Waals surface area contributed by atoms with E-state index in [4.69, 9.17) is 16.3 Å². The van der Waals surface area contributed by atoms with Crippen LogP contribution in [-0.2, 0) is 16.0 Å². The van der Waals surface area contributed by atoms with Gasteiger partial charge in [0.2, 0.25) is 5.91 Å². The van der Waals surface area contributed by atoms with Crippen LogP contribution in [0, 0.1) is 16.0 Å². The SMILES string of the molecule is COCCNC(=O)[C@H]1Cc2cc([N+](=O)[O-])ccc2N2CCN(c3ccccc3Cl)C[C@@H]12. The van der Waals surface area contributed by atoms with Crippen LogP contribution in [-0.4, -0.2) is 56.8 Å². The van der Waals surface area contributed by atoms with Crippen LogP contribution >= 0.6 is 11.6 Å². The molecule has 1 saturated heterocycles. The van der Waals surface area contributed by atoms with Crippen molar-refractivity contribution in [1.82, 2.24) is 5.32 Å². The van der Waals surface area contributed by atoms with E-state index in [2.05, 4.69) is 15.1 Å². The minimum Gasteiger partial charge on any atom is -0.383 e. The fraction of sp³-hybridized carbons (Fsp3) is 0.409. The van der Waals surface area contributed by atoms with Gasteiger partial charge in [-0.2, -0.15) is 0 Å². The number of amides is 1. The topological polar surface area (TPSA) is 87.9 Å². The fourth-order valence-corrected chi connectivity index (χ4v) is 4.81. The number of ether oxygens (including phenoxy) is 1. The Kier molecular flexibility index (Phi) is 6.29. The molecule has 9 heteroatoms. The van der Waals surface area contributed by atoms with Crippen LogP contribution in [0.3, 0.4) is 0 Å². The molecule has 1 fully saturated rings. The molecule has 1 amide bonds. The number of fused-ring (bicyclic) bond motifs is 3. The maximum Gasteiger partial charge on any atom is 0.269 e. The summed E-state index contributed by atoms with van der Waals surface area (Å²) < 4.78 is 5.05. The van der Waals surface area contributed by atoms with Crippen molar-refractivity contribution in [2.75, 3.05) is 49.7 Å². The van der Waals surface area contributed by atoms with Gasteiger partial charge in [-0.15, -0.1) is 0 Å². The first kappa shape index (κ1) is 21.4. The highest BCUT2D eigenvalue weighted by Crippen LogP contribution is 2.39. The normalized spacial score (nSPS) is 20.1. The predicted octanol–water partition coefficient (Wildman–Crippen LogP) is 2.88. The third-order valence-electron chi connectivity index (χ3n) is 6.04. The maximum absolute atomic E-state index is 13.1. The summed E-state index contributed by atoms with van der Waals surface area (Å²) in [6.45, 7) is 2.94. The average Bonchev–Trinajstić information content (AvgIpc) is 2.78. The molecule has 0 aliphatic carbocycles. The number of halogens is 1. The zero-order chi connectivity index (χ0) is 22.0. The summed E-state index contributed by atoms with van der Waals surface area (Å²) in [7, 11) is 1.59. The van der Waals surface area contributed by atoms with E-state index >= 15 is 0 Å². The molecule has 0 radical (unpaired) electrons. The minimum absolute atomic E-state index is 0.0467. The number of methoxy groups -OCH3 is 1. The molecule has 2 aliphatic rings. The first-order chi connectivity index (χ1) is 15.0. The van der Waals surface area contributed by atoms with Crippen molar-refractivity contribution in [3.63, 3.8) is 0 Å². The number of para-hydroxylation sites is 1. The monoisotopic (exact) mass is 444 g/mol. The molecule has 0 saturated carbocycles. The second-order valence-corrected chi connectivity index (χ2v) is 8.23. The molecule has 0 aromatic heterocycles. The molecule has 2 atom stereocenters. The Morgan fingerprint density at radius 3 is 2.81 bits per heavy atom. The molecule has 1 N–H and O–H groups in total. The van der Waals surface area contributed by atoms with E-state index in [0.29, 0.717) is 37.7 Å². The van der Waals surface area contributed by atoms with Gasteiger partial charge < -0.3 is 19.9 Å². The highest BCUT2D eigenvalue weighted by molar-refractivity contribution is 6.33. The van der Waals surface area contributed by atoms with E-state index in [9.17, 15) is 14.9 Å². The van der Waals surface area contributed by atoms with Crippen LogP contribution in [0.5, 0.6) is 0 Å². The van der Waals surface area contributed by atoms with E-state index in [1.54, 1.807) is 13.2 Å². The summed E-state index contributed by atoms with van der Waals surface area (Å²) in [6, 6.07) is 12.6. The van der Waals surface area contributed by atoms with E-state index in [1.807, 2.05) is 30.3 Å². The molecular weight excluding hydrogens is 420 g/mol. The molecule has 2 heterocycles. The van der Waals surface area contributed by atoms with Gasteiger partial charge in [-0.05, 0) is 30.2 Å². The third-order valence-corrected chi connectivity index (χ3v) is 6.36. The summed E-state index contributed by atoms with van der Waals surface area (Å²) in [6.07, 6.45) is 0.452. The van der Waals surface area contributed by atoms with Crippen LogP contribution in [0.15, 0.2) is 42.5 Å². The molecule has 8 nitrogen and oxygen atoms in total. The summed E-state index contributed by atoms with van der Waals surface area (Å²) in [4.78, 5) is 28.4. The molecule has 4 rings (SSSR count). The van der Waals surface area contributed by atoms with Crippen molar-refractivity contribution < 1.29 is 14.5 Å². The molecular formula is C22H25ClN4O4. The molecule has 2 aromatic carbocycles. The Morgan fingerprint density at radius 1 is 1.26 bits per heavy atom. The summed E-state index contributed by atoms with van der Waals surface area (Å²) in [5, 5.41) is 14.9. The second-order valence-electron chi connectivity index (χ2n) is 7.82. The standard InChI is InChI=1S/C22H25ClN4O4/c1-31-11-8-24-22(28)17-13-15-12-16(27(29)30)6-7-19(15)26-10-9-25(14-21(17)26)20-5-3-2-4-18(20)23/h2-7,12,17,21H,8-11,13-14H2,1H3,(H,24,28)/t17-,21-/m0/s1. The second kappa shape index (κ2) is 9.11. The van der Waals surface area contributed by atoms with Crippen molar-refractivity contribution in [2.45, 2.75) is 12.5 Å². The molecule has 164 valence electrons. The number of anilines is 2. The van der Waals surface area contributed by atoms with E-state index in [-0.39, 0.29) is 23.6 Å². The van der Waals surface area contributed by atoms with Crippen molar-refractivity contribution in [1.29, 1.82) is 0 Å². The molecule has 0 spiro atoms. The average molecular weight is 445 g/mol. The number of non-ortho nitro benzene ring substituents is 1. The fourth-order valence-electron chi connectivity index (χ4n) is 4.56. The first-order valence-corrected chi connectivity index (χ1v) is 10.7. The Bertz CT molecular complexity index is 986. The number of nitrogens with zero attached hydrogens (tertiary/aromatic N) is 3. The van der Waals surface area contributed by atoms with Crippen LogP contribution in [0.2, 0.25) is 5.02 Å². The van der Waals surface area contributed by atoms with Gasteiger partial charge in [0, 0.05) is 51.1 Å². The number of nitrogens with one attached hydrogen (secondary N) is 1. The zero-order valence-corrected chi connectivity index (χ0v) is 18.0. The smallest absolute Gasteiger partial charge is 0.269 e. The van der Waals surface area contributed by atoms with Crippen LogP contribution in [0.25, 0.3) is 0 Å². The van der Waals surface area contributed by atoms with Crippen molar-refractivity contribution >= 4 is 34.6 Å².